The molecule has 0 saturated heterocycles. The zero-order valence-electron chi connectivity index (χ0n) is 15.5. The summed E-state index contributed by atoms with van der Waals surface area (Å²) in [5, 5.41) is 5.48. The second-order valence-electron chi connectivity index (χ2n) is 6.46. The van der Waals surface area contributed by atoms with Crippen LogP contribution in [-0.4, -0.2) is 24.5 Å². The summed E-state index contributed by atoms with van der Waals surface area (Å²) in [5.41, 5.74) is 3.60. The Hall–Kier alpha value is -2.66. The van der Waals surface area contributed by atoms with Crippen molar-refractivity contribution in [1.29, 1.82) is 0 Å². The maximum Gasteiger partial charge on any atom is 0.251 e. The van der Waals surface area contributed by atoms with Crippen LogP contribution in [-0.2, 0) is 22.7 Å². The molecule has 2 amide bonds. The number of carbonyl (C=O) groups excluding carboxylic acids is 2. The van der Waals surface area contributed by atoms with Gasteiger partial charge in [-0.1, -0.05) is 42.0 Å². The van der Waals surface area contributed by atoms with Crippen LogP contribution in [0, 0.1) is 6.92 Å². The molecule has 0 radical (unpaired) electrons. The summed E-state index contributed by atoms with van der Waals surface area (Å²) in [7, 11) is 0. The predicted octanol–water partition coefficient (Wildman–Crippen LogP) is 2.97. The molecular formula is C21H26N2O3. The quantitative estimate of drug-likeness (QED) is 0.766. The van der Waals surface area contributed by atoms with E-state index in [1.54, 1.807) is 12.1 Å². The molecule has 138 valence electrons. The van der Waals surface area contributed by atoms with Gasteiger partial charge >= 0.3 is 0 Å². The maximum atomic E-state index is 12.1. The smallest absolute Gasteiger partial charge is 0.251 e. The number of aryl methyl sites for hydroxylation is 1. The first-order valence-electron chi connectivity index (χ1n) is 8.75. The highest BCUT2D eigenvalue weighted by molar-refractivity contribution is 5.96. The van der Waals surface area contributed by atoms with Crippen molar-refractivity contribution >= 4 is 11.8 Å². The van der Waals surface area contributed by atoms with Gasteiger partial charge in [0.05, 0.1) is 19.3 Å². The number of nitrogens with one attached hydrogen (secondary N) is 2. The third kappa shape index (κ3) is 6.33. The molecule has 0 aliphatic carbocycles. The lowest BCUT2D eigenvalue weighted by Gasteiger charge is -2.13. The van der Waals surface area contributed by atoms with Gasteiger partial charge in [-0.3, -0.25) is 9.59 Å². The fourth-order valence-electron chi connectivity index (χ4n) is 2.43. The molecule has 0 aliphatic heterocycles. The van der Waals surface area contributed by atoms with E-state index in [2.05, 4.69) is 10.6 Å². The molecule has 5 nitrogen and oxygen atoms in total. The van der Waals surface area contributed by atoms with Crippen molar-refractivity contribution in [3.05, 3.63) is 70.8 Å². The Bertz CT molecular complexity index is 756. The van der Waals surface area contributed by atoms with Gasteiger partial charge in [-0.25, -0.2) is 0 Å². The normalized spacial score (nSPS) is 10.6. The van der Waals surface area contributed by atoms with E-state index in [9.17, 15) is 9.59 Å². The first kappa shape index (κ1) is 19.7. The van der Waals surface area contributed by atoms with Crippen LogP contribution >= 0.6 is 0 Å². The highest BCUT2D eigenvalue weighted by atomic mass is 16.5. The van der Waals surface area contributed by atoms with E-state index in [4.69, 9.17) is 4.74 Å². The lowest BCUT2D eigenvalue weighted by molar-refractivity contribution is -0.120. The van der Waals surface area contributed by atoms with Gasteiger partial charge in [-0.05, 0) is 44.0 Å². The molecule has 2 N–H and O–H groups in total. The van der Waals surface area contributed by atoms with Crippen LogP contribution in [0.1, 0.15) is 40.9 Å². The topological polar surface area (TPSA) is 67.4 Å². The number of rotatable bonds is 8. The summed E-state index contributed by atoms with van der Waals surface area (Å²) in [4.78, 5) is 24.1. The molecule has 0 unspecified atom stereocenters. The van der Waals surface area contributed by atoms with E-state index < -0.39 is 0 Å². The average molecular weight is 354 g/mol. The second-order valence-corrected chi connectivity index (χ2v) is 6.46. The van der Waals surface area contributed by atoms with Gasteiger partial charge < -0.3 is 15.4 Å². The number of carbonyl (C=O) groups is 2. The Kier molecular flexibility index (Phi) is 7.36. The second kappa shape index (κ2) is 9.73. The summed E-state index contributed by atoms with van der Waals surface area (Å²) < 4.78 is 5.64. The van der Waals surface area contributed by atoms with Gasteiger partial charge in [0.1, 0.15) is 0 Å². The molecule has 0 spiro atoms. The van der Waals surface area contributed by atoms with Crippen molar-refractivity contribution < 1.29 is 14.3 Å². The SMILES string of the molecule is Cc1cccc(C(=O)NCC(=O)NCc2ccccc2COC(C)C)c1. The van der Waals surface area contributed by atoms with E-state index in [1.165, 1.54) is 0 Å². The van der Waals surface area contributed by atoms with Crippen LogP contribution in [0.4, 0.5) is 0 Å². The average Bonchev–Trinajstić information content (AvgIpc) is 2.63. The summed E-state index contributed by atoms with van der Waals surface area (Å²) in [6.45, 7) is 6.74. The van der Waals surface area contributed by atoms with Crippen LogP contribution in [0.3, 0.4) is 0 Å². The molecule has 5 heteroatoms. The van der Waals surface area contributed by atoms with E-state index >= 15 is 0 Å². The van der Waals surface area contributed by atoms with Crippen molar-refractivity contribution in [3.63, 3.8) is 0 Å². The molecule has 0 aromatic heterocycles. The third-order valence-electron chi connectivity index (χ3n) is 3.86. The number of hydrogen-bond acceptors (Lipinski definition) is 3. The van der Waals surface area contributed by atoms with Crippen molar-refractivity contribution in [3.8, 4) is 0 Å². The number of ether oxygens (including phenoxy) is 1. The zero-order chi connectivity index (χ0) is 18.9. The van der Waals surface area contributed by atoms with Crippen LogP contribution in [0.2, 0.25) is 0 Å². The van der Waals surface area contributed by atoms with E-state index in [-0.39, 0.29) is 24.5 Å². The number of hydrogen-bond donors (Lipinski definition) is 2. The molecule has 2 aromatic rings. The van der Waals surface area contributed by atoms with Crippen molar-refractivity contribution in [2.24, 2.45) is 0 Å². The Labute approximate surface area is 154 Å². The van der Waals surface area contributed by atoms with Crippen molar-refractivity contribution in [1.82, 2.24) is 10.6 Å². The van der Waals surface area contributed by atoms with Gasteiger partial charge in [-0.15, -0.1) is 0 Å². The maximum absolute atomic E-state index is 12.1. The molecule has 0 fully saturated rings. The lowest BCUT2D eigenvalue weighted by Crippen LogP contribution is -2.36. The minimum atomic E-state index is -0.255. The van der Waals surface area contributed by atoms with Gasteiger partial charge in [0.2, 0.25) is 5.91 Å². The standard InChI is InChI=1S/C21H26N2O3/c1-15(2)26-14-19-9-5-4-8-18(19)12-22-20(24)13-23-21(25)17-10-6-7-16(3)11-17/h4-11,15H,12-14H2,1-3H3,(H,22,24)(H,23,25). The molecule has 0 atom stereocenters. The van der Waals surface area contributed by atoms with Crippen molar-refractivity contribution in [2.45, 2.75) is 40.0 Å². The van der Waals surface area contributed by atoms with Crippen LogP contribution in [0.15, 0.2) is 48.5 Å². The Balaban J connectivity index is 1.83. The summed E-state index contributed by atoms with van der Waals surface area (Å²) in [5.74, 6) is -0.486. The fourth-order valence-corrected chi connectivity index (χ4v) is 2.43. The van der Waals surface area contributed by atoms with Gasteiger partial charge in [0.25, 0.3) is 5.91 Å². The molecule has 0 aliphatic rings. The first-order valence-corrected chi connectivity index (χ1v) is 8.75. The van der Waals surface area contributed by atoms with Crippen molar-refractivity contribution in [2.75, 3.05) is 6.54 Å². The molecule has 0 saturated carbocycles. The fraction of sp³-hybridized carbons (Fsp3) is 0.333. The lowest BCUT2D eigenvalue weighted by atomic mass is 10.1. The highest BCUT2D eigenvalue weighted by Gasteiger charge is 2.09. The third-order valence-corrected chi connectivity index (χ3v) is 3.86. The predicted molar refractivity (Wildman–Crippen MR) is 102 cm³/mol. The van der Waals surface area contributed by atoms with E-state index in [0.717, 1.165) is 16.7 Å². The monoisotopic (exact) mass is 354 g/mol. The van der Waals surface area contributed by atoms with E-state index in [0.29, 0.717) is 18.7 Å². The Morgan fingerprint density at radius 2 is 1.73 bits per heavy atom. The first-order chi connectivity index (χ1) is 12.5. The summed E-state index contributed by atoms with van der Waals surface area (Å²) in [6, 6.07) is 15.1. The number of amides is 2. The minimum Gasteiger partial charge on any atom is -0.374 e. The molecule has 0 heterocycles. The van der Waals surface area contributed by atoms with Crippen LogP contribution < -0.4 is 10.6 Å². The number of benzene rings is 2. The van der Waals surface area contributed by atoms with Gasteiger partial charge in [0, 0.05) is 12.1 Å². The van der Waals surface area contributed by atoms with Crippen LogP contribution in [0.5, 0.6) is 0 Å². The Morgan fingerprint density at radius 1 is 1.00 bits per heavy atom. The zero-order valence-corrected chi connectivity index (χ0v) is 15.5. The van der Waals surface area contributed by atoms with Crippen LogP contribution in [0.25, 0.3) is 0 Å². The highest BCUT2D eigenvalue weighted by Crippen LogP contribution is 2.11. The van der Waals surface area contributed by atoms with Gasteiger partial charge in [0.15, 0.2) is 0 Å². The molecule has 0 bridgehead atoms. The Morgan fingerprint density at radius 3 is 2.42 bits per heavy atom. The van der Waals surface area contributed by atoms with E-state index in [1.807, 2.05) is 57.2 Å². The minimum absolute atomic E-state index is 0.0581. The summed E-state index contributed by atoms with van der Waals surface area (Å²) >= 11 is 0. The molecule has 2 rings (SSSR count). The molecule has 26 heavy (non-hydrogen) atoms. The molecular weight excluding hydrogens is 328 g/mol. The molecule has 2 aromatic carbocycles. The van der Waals surface area contributed by atoms with Gasteiger partial charge in [-0.2, -0.15) is 0 Å². The largest absolute Gasteiger partial charge is 0.374 e. The summed E-state index contributed by atoms with van der Waals surface area (Å²) in [6.07, 6.45) is 0.148.